The van der Waals surface area contributed by atoms with E-state index in [1.54, 1.807) is 29.9 Å². The Balaban J connectivity index is 2.04. The predicted molar refractivity (Wildman–Crippen MR) is 90.9 cm³/mol. The first kappa shape index (κ1) is 15.0. The predicted octanol–water partition coefficient (Wildman–Crippen LogP) is 2.80. The summed E-state index contributed by atoms with van der Waals surface area (Å²) in [5.41, 5.74) is 2.96. The lowest BCUT2D eigenvalue weighted by atomic mass is 10.1. The Hall–Kier alpha value is -2.95. The standard InChI is InChI=1S/C18H17N3O2/c1-11-8-9-14(12(2)10-11)19-18(23)16-17(22)13-6-4-5-7-15(13)21(3)20-16/h4-10H,1-3H3,(H,19,23). The summed E-state index contributed by atoms with van der Waals surface area (Å²) in [4.78, 5) is 25.0. The molecule has 0 atom stereocenters. The number of fused-ring (bicyclic) bond motifs is 1. The highest BCUT2D eigenvalue weighted by Crippen LogP contribution is 2.17. The second-order valence-corrected chi connectivity index (χ2v) is 5.59. The van der Waals surface area contributed by atoms with E-state index in [2.05, 4.69) is 10.4 Å². The maximum Gasteiger partial charge on any atom is 0.280 e. The molecule has 1 heterocycles. The summed E-state index contributed by atoms with van der Waals surface area (Å²) < 4.78 is 1.55. The van der Waals surface area contributed by atoms with Crippen LogP contribution in [0.1, 0.15) is 21.6 Å². The van der Waals surface area contributed by atoms with Gasteiger partial charge in [-0.25, -0.2) is 0 Å². The number of anilines is 1. The minimum absolute atomic E-state index is 0.105. The monoisotopic (exact) mass is 307 g/mol. The summed E-state index contributed by atoms with van der Waals surface area (Å²) in [5, 5.41) is 7.39. The van der Waals surface area contributed by atoms with Crippen molar-refractivity contribution in [2.24, 2.45) is 7.05 Å². The number of aryl methyl sites for hydroxylation is 3. The highest BCUT2D eigenvalue weighted by Gasteiger charge is 2.17. The largest absolute Gasteiger partial charge is 0.320 e. The number of nitrogens with one attached hydrogen (secondary N) is 1. The third-order valence-electron chi connectivity index (χ3n) is 3.81. The van der Waals surface area contributed by atoms with Crippen molar-refractivity contribution < 1.29 is 4.79 Å². The molecule has 5 nitrogen and oxygen atoms in total. The molecule has 5 heteroatoms. The van der Waals surface area contributed by atoms with E-state index in [0.29, 0.717) is 16.6 Å². The zero-order valence-electron chi connectivity index (χ0n) is 13.3. The van der Waals surface area contributed by atoms with Crippen LogP contribution in [0.25, 0.3) is 10.9 Å². The molecule has 0 radical (unpaired) electrons. The summed E-state index contributed by atoms with van der Waals surface area (Å²) in [5.74, 6) is -0.497. The summed E-state index contributed by atoms with van der Waals surface area (Å²) in [6.07, 6.45) is 0. The fourth-order valence-corrected chi connectivity index (χ4v) is 2.61. The molecule has 23 heavy (non-hydrogen) atoms. The lowest BCUT2D eigenvalue weighted by Crippen LogP contribution is -2.26. The molecule has 3 aromatic rings. The molecule has 0 saturated carbocycles. The third kappa shape index (κ3) is 2.73. The third-order valence-corrected chi connectivity index (χ3v) is 3.81. The van der Waals surface area contributed by atoms with Crippen molar-refractivity contribution in [1.29, 1.82) is 0 Å². The summed E-state index contributed by atoms with van der Waals surface area (Å²) in [6, 6.07) is 12.8. The van der Waals surface area contributed by atoms with Crippen molar-refractivity contribution in [2.45, 2.75) is 13.8 Å². The maximum absolute atomic E-state index is 12.5. The first-order valence-electron chi connectivity index (χ1n) is 7.32. The molecular formula is C18H17N3O2. The molecule has 2 aromatic carbocycles. The fourth-order valence-electron chi connectivity index (χ4n) is 2.61. The van der Waals surface area contributed by atoms with Gasteiger partial charge in [-0.2, -0.15) is 5.10 Å². The number of rotatable bonds is 2. The van der Waals surface area contributed by atoms with Crippen LogP contribution in [0, 0.1) is 13.8 Å². The Kier molecular flexibility index (Phi) is 3.70. The van der Waals surface area contributed by atoms with E-state index in [1.165, 1.54) is 0 Å². The average Bonchev–Trinajstić information content (AvgIpc) is 2.53. The van der Waals surface area contributed by atoms with Gasteiger partial charge in [-0.3, -0.25) is 14.3 Å². The van der Waals surface area contributed by atoms with Gasteiger partial charge in [-0.05, 0) is 37.6 Å². The minimum atomic E-state index is -0.497. The van der Waals surface area contributed by atoms with Gasteiger partial charge in [0.15, 0.2) is 5.69 Å². The molecule has 3 rings (SSSR count). The van der Waals surface area contributed by atoms with Crippen LogP contribution in [0.3, 0.4) is 0 Å². The quantitative estimate of drug-likeness (QED) is 0.792. The molecule has 0 bridgehead atoms. The number of benzene rings is 2. The fraction of sp³-hybridized carbons (Fsp3) is 0.167. The first-order chi connectivity index (χ1) is 11.0. The second kappa shape index (κ2) is 5.68. The van der Waals surface area contributed by atoms with Gasteiger partial charge in [-0.1, -0.05) is 29.8 Å². The zero-order chi connectivity index (χ0) is 16.6. The van der Waals surface area contributed by atoms with Crippen LogP contribution in [0.5, 0.6) is 0 Å². The van der Waals surface area contributed by atoms with Crippen molar-refractivity contribution in [3.05, 3.63) is 69.5 Å². The summed E-state index contributed by atoms with van der Waals surface area (Å²) in [6.45, 7) is 3.90. The summed E-state index contributed by atoms with van der Waals surface area (Å²) in [7, 11) is 1.72. The van der Waals surface area contributed by atoms with E-state index < -0.39 is 5.91 Å². The van der Waals surface area contributed by atoms with Crippen molar-refractivity contribution >= 4 is 22.5 Å². The van der Waals surface area contributed by atoms with Crippen LogP contribution in [-0.4, -0.2) is 15.7 Å². The van der Waals surface area contributed by atoms with Crippen LogP contribution in [0.2, 0.25) is 0 Å². The van der Waals surface area contributed by atoms with E-state index in [-0.39, 0.29) is 11.1 Å². The van der Waals surface area contributed by atoms with E-state index in [0.717, 1.165) is 11.1 Å². The molecule has 1 amide bonds. The van der Waals surface area contributed by atoms with Crippen LogP contribution < -0.4 is 10.7 Å². The van der Waals surface area contributed by atoms with Crippen molar-refractivity contribution in [1.82, 2.24) is 9.78 Å². The van der Waals surface area contributed by atoms with E-state index in [4.69, 9.17) is 0 Å². The van der Waals surface area contributed by atoms with Gasteiger partial charge < -0.3 is 5.32 Å². The number of hydrogen-bond donors (Lipinski definition) is 1. The molecule has 116 valence electrons. The number of carbonyl (C=O) groups excluding carboxylic acids is 1. The topological polar surface area (TPSA) is 64.0 Å². The van der Waals surface area contributed by atoms with E-state index in [9.17, 15) is 9.59 Å². The molecule has 1 aromatic heterocycles. The number of carbonyl (C=O) groups is 1. The van der Waals surface area contributed by atoms with Gasteiger partial charge in [0.05, 0.1) is 5.52 Å². The Morgan fingerprint density at radius 3 is 2.61 bits per heavy atom. The van der Waals surface area contributed by atoms with Crippen molar-refractivity contribution in [3.63, 3.8) is 0 Å². The molecular weight excluding hydrogens is 290 g/mol. The zero-order valence-corrected chi connectivity index (χ0v) is 13.3. The van der Waals surface area contributed by atoms with E-state index >= 15 is 0 Å². The Morgan fingerprint density at radius 1 is 1.13 bits per heavy atom. The average molecular weight is 307 g/mol. The van der Waals surface area contributed by atoms with Crippen molar-refractivity contribution in [3.8, 4) is 0 Å². The molecule has 0 unspecified atom stereocenters. The van der Waals surface area contributed by atoms with Crippen LogP contribution in [-0.2, 0) is 7.05 Å². The van der Waals surface area contributed by atoms with Crippen LogP contribution in [0.15, 0.2) is 47.3 Å². The molecule has 0 aliphatic carbocycles. The maximum atomic E-state index is 12.5. The Morgan fingerprint density at radius 2 is 1.87 bits per heavy atom. The smallest absolute Gasteiger partial charge is 0.280 e. The molecule has 0 fully saturated rings. The summed E-state index contributed by atoms with van der Waals surface area (Å²) >= 11 is 0. The van der Waals surface area contributed by atoms with Gasteiger partial charge in [0.2, 0.25) is 5.43 Å². The molecule has 0 aliphatic rings. The molecule has 0 saturated heterocycles. The van der Waals surface area contributed by atoms with Gasteiger partial charge >= 0.3 is 0 Å². The lowest BCUT2D eigenvalue weighted by Gasteiger charge is -2.10. The molecule has 0 aliphatic heterocycles. The van der Waals surface area contributed by atoms with Gasteiger partial charge in [-0.15, -0.1) is 0 Å². The number of nitrogens with zero attached hydrogens (tertiary/aromatic N) is 2. The lowest BCUT2D eigenvalue weighted by molar-refractivity contribution is 0.101. The number of amides is 1. The van der Waals surface area contributed by atoms with E-state index in [1.807, 2.05) is 38.1 Å². The second-order valence-electron chi connectivity index (χ2n) is 5.59. The number of para-hydroxylation sites is 1. The Bertz CT molecular complexity index is 974. The molecule has 0 spiro atoms. The highest BCUT2D eigenvalue weighted by molar-refractivity contribution is 6.04. The van der Waals surface area contributed by atoms with Gasteiger partial charge in [0, 0.05) is 18.1 Å². The van der Waals surface area contributed by atoms with Gasteiger partial charge in [0.25, 0.3) is 5.91 Å². The first-order valence-corrected chi connectivity index (χ1v) is 7.32. The highest BCUT2D eigenvalue weighted by atomic mass is 16.2. The minimum Gasteiger partial charge on any atom is -0.320 e. The Labute approximate surface area is 133 Å². The molecule has 1 N–H and O–H groups in total. The number of hydrogen-bond acceptors (Lipinski definition) is 3. The van der Waals surface area contributed by atoms with Crippen LogP contribution in [0.4, 0.5) is 5.69 Å². The van der Waals surface area contributed by atoms with Crippen molar-refractivity contribution in [2.75, 3.05) is 5.32 Å². The van der Waals surface area contributed by atoms with Crippen LogP contribution >= 0.6 is 0 Å². The van der Waals surface area contributed by atoms with Gasteiger partial charge in [0.1, 0.15) is 0 Å². The normalized spacial score (nSPS) is 10.7. The number of aromatic nitrogens is 2. The SMILES string of the molecule is Cc1ccc(NC(=O)c2nn(C)c3ccccc3c2=O)c(C)c1.